The number of imidazole rings is 1. The molecule has 24 heavy (non-hydrogen) atoms. The number of aromatic nitrogens is 4. The summed E-state index contributed by atoms with van der Waals surface area (Å²) in [5, 5.41) is 0. The van der Waals surface area contributed by atoms with Gasteiger partial charge in [0, 0.05) is 18.9 Å². The first-order chi connectivity index (χ1) is 11.7. The van der Waals surface area contributed by atoms with Crippen molar-refractivity contribution in [1.82, 2.24) is 19.5 Å². The molecule has 3 rings (SSSR count). The molecule has 2 aromatic heterocycles. The third-order valence-corrected chi connectivity index (χ3v) is 3.96. The van der Waals surface area contributed by atoms with E-state index in [0.29, 0.717) is 6.61 Å². The Morgan fingerprint density at radius 3 is 2.58 bits per heavy atom. The summed E-state index contributed by atoms with van der Waals surface area (Å²) in [6.07, 6.45) is 5.90. The average molecular weight is 326 g/mol. The summed E-state index contributed by atoms with van der Waals surface area (Å²) >= 11 is 0. The van der Waals surface area contributed by atoms with Gasteiger partial charge in [-0.3, -0.25) is 0 Å². The minimum Gasteiger partial charge on any atom is -0.383 e. The predicted molar refractivity (Wildman–Crippen MR) is 89.9 cm³/mol. The third kappa shape index (κ3) is 3.19. The zero-order valence-electron chi connectivity index (χ0n) is 13.7. The van der Waals surface area contributed by atoms with Crippen LogP contribution in [0.4, 0.5) is 4.39 Å². The van der Waals surface area contributed by atoms with E-state index in [4.69, 9.17) is 4.74 Å². The van der Waals surface area contributed by atoms with Crippen LogP contribution in [-0.2, 0) is 4.74 Å². The SMILES string of the molecule is CCC(COC)n1cnc(-c2ccc(F)cc2)c1-c1ccncn1. The van der Waals surface area contributed by atoms with Crippen LogP contribution in [0, 0.1) is 5.82 Å². The van der Waals surface area contributed by atoms with Gasteiger partial charge >= 0.3 is 0 Å². The Kier molecular flexibility index (Phi) is 4.96. The molecule has 0 fully saturated rings. The lowest BCUT2D eigenvalue weighted by Crippen LogP contribution is -2.14. The Morgan fingerprint density at radius 1 is 1.17 bits per heavy atom. The summed E-state index contributed by atoms with van der Waals surface area (Å²) in [6.45, 7) is 2.68. The van der Waals surface area contributed by atoms with Gasteiger partial charge in [0.1, 0.15) is 12.1 Å². The Bertz CT molecular complexity index is 787. The van der Waals surface area contributed by atoms with E-state index in [2.05, 4.69) is 26.4 Å². The summed E-state index contributed by atoms with van der Waals surface area (Å²) in [5.74, 6) is -0.271. The molecule has 0 aliphatic carbocycles. The number of benzene rings is 1. The third-order valence-electron chi connectivity index (χ3n) is 3.96. The van der Waals surface area contributed by atoms with Crippen LogP contribution in [0.25, 0.3) is 22.6 Å². The molecule has 124 valence electrons. The molecule has 0 bridgehead atoms. The number of rotatable bonds is 6. The van der Waals surface area contributed by atoms with Gasteiger partial charge < -0.3 is 9.30 Å². The number of halogens is 1. The zero-order valence-corrected chi connectivity index (χ0v) is 13.7. The van der Waals surface area contributed by atoms with Gasteiger partial charge in [-0.25, -0.2) is 19.3 Å². The van der Waals surface area contributed by atoms with Crippen molar-refractivity contribution in [1.29, 1.82) is 0 Å². The maximum absolute atomic E-state index is 13.3. The number of hydrogen-bond acceptors (Lipinski definition) is 4. The second-order valence-corrected chi connectivity index (χ2v) is 5.47. The van der Waals surface area contributed by atoms with Crippen molar-refractivity contribution in [3.8, 4) is 22.6 Å². The lowest BCUT2D eigenvalue weighted by atomic mass is 10.1. The van der Waals surface area contributed by atoms with E-state index in [1.807, 2.05) is 6.07 Å². The van der Waals surface area contributed by atoms with Crippen LogP contribution >= 0.6 is 0 Å². The Morgan fingerprint density at radius 2 is 1.96 bits per heavy atom. The van der Waals surface area contributed by atoms with E-state index in [1.165, 1.54) is 18.5 Å². The summed E-state index contributed by atoms with van der Waals surface area (Å²) < 4.78 is 20.7. The maximum Gasteiger partial charge on any atom is 0.123 e. The van der Waals surface area contributed by atoms with Crippen LogP contribution < -0.4 is 0 Å². The second-order valence-electron chi connectivity index (χ2n) is 5.47. The van der Waals surface area contributed by atoms with Crippen molar-refractivity contribution in [3.05, 3.63) is 55.0 Å². The van der Waals surface area contributed by atoms with Crippen molar-refractivity contribution < 1.29 is 9.13 Å². The summed E-state index contributed by atoms with van der Waals surface area (Å²) in [6, 6.07) is 8.31. The topological polar surface area (TPSA) is 52.8 Å². The van der Waals surface area contributed by atoms with Crippen molar-refractivity contribution in [2.75, 3.05) is 13.7 Å². The first kappa shape index (κ1) is 16.3. The standard InChI is InChI=1S/C18H19FN4O/c1-3-15(10-24-2)23-12-22-17(13-4-6-14(19)7-5-13)18(23)16-8-9-20-11-21-16/h4-9,11-12,15H,3,10H2,1-2H3. The fourth-order valence-corrected chi connectivity index (χ4v) is 2.73. The molecular weight excluding hydrogens is 307 g/mol. The molecule has 2 heterocycles. The van der Waals surface area contributed by atoms with Crippen molar-refractivity contribution in [3.63, 3.8) is 0 Å². The fraction of sp³-hybridized carbons (Fsp3) is 0.278. The normalized spacial score (nSPS) is 12.3. The van der Waals surface area contributed by atoms with Crippen molar-refractivity contribution >= 4 is 0 Å². The highest BCUT2D eigenvalue weighted by Crippen LogP contribution is 2.32. The monoisotopic (exact) mass is 326 g/mol. The highest BCUT2D eigenvalue weighted by molar-refractivity contribution is 5.76. The average Bonchev–Trinajstić information content (AvgIpc) is 3.06. The maximum atomic E-state index is 13.3. The quantitative estimate of drug-likeness (QED) is 0.692. The van der Waals surface area contributed by atoms with Gasteiger partial charge in [-0.05, 0) is 36.8 Å². The minimum atomic E-state index is -0.271. The van der Waals surface area contributed by atoms with E-state index in [1.54, 1.807) is 31.8 Å². The first-order valence-corrected chi connectivity index (χ1v) is 7.82. The smallest absolute Gasteiger partial charge is 0.123 e. The first-order valence-electron chi connectivity index (χ1n) is 7.82. The van der Waals surface area contributed by atoms with Crippen LogP contribution in [0.2, 0.25) is 0 Å². The van der Waals surface area contributed by atoms with Crippen LogP contribution in [0.3, 0.4) is 0 Å². The minimum absolute atomic E-state index is 0.140. The predicted octanol–water partition coefficient (Wildman–Crippen LogP) is 3.74. The molecule has 1 aromatic carbocycles. The van der Waals surface area contributed by atoms with Crippen LogP contribution in [-0.4, -0.2) is 33.2 Å². The van der Waals surface area contributed by atoms with Crippen LogP contribution in [0.15, 0.2) is 49.2 Å². The molecule has 0 aliphatic heterocycles. The molecule has 1 unspecified atom stereocenters. The molecule has 0 saturated heterocycles. The Labute approximate surface area is 140 Å². The summed E-state index contributed by atoms with van der Waals surface area (Å²) in [4.78, 5) is 12.9. The van der Waals surface area contributed by atoms with E-state index < -0.39 is 0 Å². The van der Waals surface area contributed by atoms with Crippen molar-refractivity contribution in [2.24, 2.45) is 0 Å². The lowest BCUT2D eigenvalue weighted by Gasteiger charge is -2.19. The van der Waals surface area contributed by atoms with Gasteiger partial charge in [-0.15, -0.1) is 0 Å². The second kappa shape index (κ2) is 7.31. The number of methoxy groups -OCH3 is 1. The molecule has 0 aliphatic rings. The molecular formula is C18H19FN4O. The van der Waals surface area contributed by atoms with Gasteiger partial charge in [0.25, 0.3) is 0 Å². The van der Waals surface area contributed by atoms with E-state index in [9.17, 15) is 4.39 Å². The van der Waals surface area contributed by atoms with Gasteiger partial charge in [0.15, 0.2) is 0 Å². The number of ether oxygens (including phenoxy) is 1. The van der Waals surface area contributed by atoms with Crippen LogP contribution in [0.5, 0.6) is 0 Å². The highest BCUT2D eigenvalue weighted by Gasteiger charge is 2.20. The lowest BCUT2D eigenvalue weighted by molar-refractivity contribution is 0.153. The molecule has 0 amide bonds. The largest absolute Gasteiger partial charge is 0.383 e. The number of hydrogen-bond donors (Lipinski definition) is 0. The van der Waals surface area contributed by atoms with Gasteiger partial charge in [0.2, 0.25) is 0 Å². The van der Waals surface area contributed by atoms with E-state index in [-0.39, 0.29) is 11.9 Å². The number of nitrogens with zero attached hydrogens (tertiary/aromatic N) is 4. The van der Waals surface area contributed by atoms with E-state index >= 15 is 0 Å². The Balaban J connectivity index is 2.16. The molecule has 1 atom stereocenters. The molecule has 0 radical (unpaired) electrons. The van der Waals surface area contributed by atoms with Gasteiger partial charge in [-0.2, -0.15) is 0 Å². The molecule has 0 N–H and O–H groups in total. The van der Waals surface area contributed by atoms with Crippen LogP contribution in [0.1, 0.15) is 19.4 Å². The highest BCUT2D eigenvalue weighted by atomic mass is 19.1. The zero-order chi connectivity index (χ0) is 16.9. The summed E-state index contributed by atoms with van der Waals surface area (Å²) in [7, 11) is 1.69. The van der Waals surface area contributed by atoms with Gasteiger partial charge in [-0.1, -0.05) is 6.92 Å². The van der Waals surface area contributed by atoms with Crippen molar-refractivity contribution in [2.45, 2.75) is 19.4 Å². The molecule has 0 saturated carbocycles. The van der Waals surface area contributed by atoms with Gasteiger partial charge in [0.05, 0.1) is 36.1 Å². The molecule has 0 spiro atoms. The van der Waals surface area contributed by atoms with E-state index in [0.717, 1.165) is 29.1 Å². The summed E-state index contributed by atoms with van der Waals surface area (Å²) in [5.41, 5.74) is 3.27. The molecule has 5 nitrogen and oxygen atoms in total. The molecule has 3 aromatic rings. The Hall–Kier alpha value is -2.60. The molecule has 6 heteroatoms. The fourth-order valence-electron chi connectivity index (χ4n) is 2.73.